The average molecular weight is 1720 g/mol. The molecule has 16 N–H and O–H groups in total. The summed E-state index contributed by atoms with van der Waals surface area (Å²) in [5, 5.41) is 98.8. The molecule has 5 aliphatic heterocycles. The highest BCUT2D eigenvalue weighted by molar-refractivity contribution is 6.32. The van der Waals surface area contributed by atoms with Gasteiger partial charge in [-0.3, -0.25) is 43.7 Å². The van der Waals surface area contributed by atoms with Gasteiger partial charge in [-0.05, 0) is 224 Å². The Morgan fingerprint density at radius 2 is 1.17 bits per heavy atom. The minimum absolute atomic E-state index is 0.00603. The van der Waals surface area contributed by atoms with Gasteiger partial charge in [0.25, 0.3) is 0 Å². The van der Waals surface area contributed by atoms with Crippen molar-refractivity contribution in [2.24, 2.45) is 29.6 Å². The molecule has 9 aliphatic rings. The summed E-state index contributed by atoms with van der Waals surface area (Å²) in [5.74, 6) is -12.6. The van der Waals surface area contributed by atoms with E-state index in [9.17, 15) is 54.6 Å². The summed E-state index contributed by atoms with van der Waals surface area (Å²) >= 11 is 7.04. The molecule has 4 fully saturated rings. The molecule has 35 nitrogen and oxygen atoms in total. The Hall–Kier alpha value is -12.3. The van der Waals surface area contributed by atoms with Crippen LogP contribution in [0.3, 0.4) is 0 Å². The number of aromatic hydroxyl groups is 4. The van der Waals surface area contributed by atoms with Crippen LogP contribution in [0, 0.1) is 36.5 Å². The number of nitrogens with one attached hydrogen (secondary N) is 10. The number of carbonyl (C=O) groups excluding carboxylic acids is 11. The predicted octanol–water partition coefficient (Wildman–Crippen LogP) is 8.26. The van der Waals surface area contributed by atoms with Crippen molar-refractivity contribution in [1.82, 2.24) is 57.7 Å². The van der Waals surface area contributed by atoms with Gasteiger partial charge >= 0.3 is 18.2 Å². The summed E-state index contributed by atoms with van der Waals surface area (Å²) in [4.78, 5) is 166. The van der Waals surface area contributed by atoms with Crippen molar-refractivity contribution in [2.45, 2.75) is 179 Å². The number of imide groups is 1. The normalized spacial score (nSPS) is 23.2. The lowest BCUT2D eigenvalue weighted by Gasteiger charge is -2.54. The highest BCUT2D eigenvalue weighted by Gasteiger charge is 2.50. The summed E-state index contributed by atoms with van der Waals surface area (Å²) in [6, 6.07) is 4.00. The molecular weight excluding hydrogens is 1620 g/mol. The number of amides is 12. The highest BCUT2D eigenvalue weighted by atomic mass is 35.5. The van der Waals surface area contributed by atoms with Gasteiger partial charge in [-0.2, -0.15) is 0 Å². The van der Waals surface area contributed by atoms with Gasteiger partial charge in [0, 0.05) is 49.1 Å². The van der Waals surface area contributed by atoms with Crippen LogP contribution in [-0.2, 0) is 47.8 Å². The minimum atomic E-state index is -2.28. The van der Waals surface area contributed by atoms with Crippen molar-refractivity contribution in [3.63, 3.8) is 0 Å². The zero-order chi connectivity index (χ0) is 89.1. The van der Waals surface area contributed by atoms with E-state index in [-0.39, 0.29) is 135 Å². The molecule has 15 bridgehead atoms. The van der Waals surface area contributed by atoms with Gasteiger partial charge in [-0.15, -0.1) is 0 Å². The van der Waals surface area contributed by atoms with Crippen LogP contribution in [0.4, 0.5) is 20.1 Å². The third-order valence-electron chi connectivity index (χ3n) is 22.3. The molecule has 5 heterocycles. The Balaban J connectivity index is 0.940. The molecule has 123 heavy (non-hydrogen) atoms. The maximum Gasteiger partial charge on any atom is 0.410 e. The van der Waals surface area contributed by atoms with Crippen LogP contribution in [0.2, 0.25) is 5.02 Å². The van der Waals surface area contributed by atoms with Crippen molar-refractivity contribution >= 4 is 82.8 Å². The van der Waals surface area contributed by atoms with E-state index in [0.29, 0.717) is 11.8 Å². The lowest BCUT2D eigenvalue weighted by atomic mass is 9.54. The first-order valence-electron chi connectivity index (χ1n) is 40.6. The molecule has 0 aromatic heterocycles. The van der Waals surface area contributed by atoms with Gasteiger partial charge in [-0.25, -0.2) is 14.4 Å². The number of carbonyl (C=O) groups is 11. The van der Waals surface area contributed by atoms with E-state index in [2.05, 4.69) is 53.2 Å². The van der Waals surface area contributed by atoms with Crippen LogP contribution in [0.15, 0.2) is 97.1 Å². The van der Waals surface area contributed by atoms with Crippen LogP contribution >= 0.6 is 11.6 Å². The third-order valence-corrected chi connectivity index (χ3v) is 22.6. The number of phenols is 4. The third kappa shape index (κ3) is 21.4. The monoisotopic (exact) mass is 1720 g/mol. The van der Waals surface area contributed by atoms with Crippen molar-refractivity contribution in [3.8, 4) is 68.6 Å². The van der Waals surface area contributed by atoms with Gasteiger partial charge in [0.1, 0.15) is 102 Å². The number of nitrogens with zero attached hydrogens (tertiary/aromatic N) is 2. The van der Waals surface area contributed by atoms with Crippen molar-refractivity contribution in [2.75, 3.05) is 52.8 Å². The molecule has 12 amide bonds. The Morgan fingerprint density at radius 3 is 1.77 bits per heavy atom. The number of hydrogen-bond acceptors (Lipinski definition) is 24. The van der Waals surface area contributed by atoms with Crippen LogP contribution in [0.5, 0.6) is 57.5 Å². The molecule has 36 heteroatoms. The van der Waals surface area contributed by atoms with Crippen LogP contribution in [-0.4, -0.2) is 195 Å². The number of urea groups is 1. The molecule has 0 saturated heterocycles. The van der Waals surface area contributed by atoms with E-state index in [4.69, 9.17) is 40.0 Å². The molecule has 4 saturated carbocycles. The van der Waals surface area contributed by atoms with Gasteiger partial charge in [0.05, 0.1) is 30.6 Å². The van der Waals surface area contributed by atoms with Crippen LogP contribution < -0.4 is 72.1 Å². The number of halogens is 1. The second-order valence-corrected chi connectivity index (χ2v) is 35.0. The van der Waals surface area contributed by atoms with Crippen molar-refractivity contribution in [1.29, 1.82) is 0 Å². The van der Waals surface area contributed by atoms with E-state index in [0.717, 1.165) is 68.5 Å². The summed E-state index contributed by atoms with van der Waals surface area (Å²) in [6.45, 7) is 15.2. The van der Waals surface area contributed by atoms with Crippen LogP contribution in [0.1, 0.15) is 164 Å². The first-order valence-corrected chi connectivity index (χ1v) is 41.0. The van der Waals surface area contributed by atoms with E-state index in [1.54, 1.807) is 41.5 Å². The predicted molar refractivity (Wildman–Crippen MR) is 444 cm³/mol. The number of aliphatic hydroxyl groups is 2. The van der Waals surface area contributed by atoms with Crippen LogP contribution in [0.25, 0.3) is 11.1 Å². The average Bonchev–Trinajstić information content (AvgIpc) is 0.756. The lowest BCUT2D eigenvalue weighted by molar-refractivity contribution is -0.138. The Bertz CT molecular complexity index is 5080. The first-order chi connectivity index (χ1) is 58.0. The van der Waals surface area contributed by atoms with E-state index < -0.39 is 172 Å². The van der Waals surface area contributed by atoms with Gasteiger partial charge in [0.15, 0.2) is 23.0 Å². The largest absolute Gasteiger partial charge is 0.508 e. The van der Waals surface area contributed by atoms with E-state index in [1.165, 1.54) is 98.5 Å². The molecule has 0 spiro atoms. The maximum absolute atomic E-state index is 16.2. The van der Waals surface area contributed by atoms with Gasteiger partial charge < -0.3 is 117 Å². The number of phenolic OH excluding ortho intramolecular Hbond substituents is 4. The number of likely N-dealkylation sites (N-methyl/N-ethyl adjacent to an activating group) is 3. The van der Waals surface area contributed by atoms with Gasteiger partial charge in [0.2, 0.25) is 53.0 Å². The highest BCUT2D eigenvalue weighted by Crippen LogP contribution is 2.55. The fraction of sp³-hybridized carbons (Fsp3) is 0.460. The lowest BCUT2D eigenvalue weighted by Crippen LogP contribution is -2.59. The number of ether oxygens (including phenoxy) is 6. The molecular formula is C87H105ClN12O23. The minimum Gasteiger partial charge on any atom is -0.508 e. The Labute approximate surface area is 714 Å². The van der Waals surface area contributed by atoms with Crippen molar-refractivity contribution in [3.05, 3.63) is 135 Å². The molecule has 0 radical (unpaired) electrons. The van der Waals surface area contributed by atoms with Gasteiger partial charge in [-0.1, -0.05) is 43.6 Å². The number of hydrogen-bond donors (Lipinski definition) is 16. The molecule has 6 aromatic carbocycles. The molecule has 0 unspecified atom stereocenters. The fourth-order valence-electron chi connectivity index (χ4n) is 16.5. The number of fused-ring (bicyclic) bond motifs is 15. The second-order valence-electron chi connectivity index (χ2n) is 34.5. The van der Waals surface area contributed by atoms with E-state index >= 15 is 28.8 Å². The summed E-state index contributed by atoms with van der Waals surface area (Å²) in [6.07, 6.45) is -1.91. The fourth-order valence-corrected chi connectivity index (χ4v) is 16.8. The zero-order valence-electron chi connectivity index (χ0n) is 70.1. The Morgan fingerprint density at radius 1 is 0.593 bits per heavy atom. The molecule has 9 atom stereocenters. The van der Waals surface area contributed by atoms with E-state index in [1.807, 2.05) is 13.8 Å². The first kappa shape index (κ1) is 89.9. The number of aryl methyl sites for hydroxylation is 1. The zero-order valence-corrected chi connectivity index (χ0v) is 70.8. The number of benzene rings is 6. The number of rotatable bonds is 18. The summed E-state index contributed by atoms with van der Waals surface area (Å²) in [5.41, 5.74) is -3.20. The summed E-state index contributed by atoms with van der Waals surface area (Å²) < 4.78 is 35.9. The molecule has 658 valence electrons. The Kier molecular flexibility index (Phi) is 27.2. The quantitative estimate of drug-likeness (QED) is 0.0385. The summed E-state index contributed by atoms with van der Waals surface area (Å²) in [7, 11) is 4.48. The number of anilines is 1. The smallest absolute Gasteiger partial charge is 0.410 e. The topological polar surface area (TPSA) is 491 Å². The second kappa shape index (κ2) is 37.2. The number of aliphatic hydroxyl groups excluding tert-OH is 2. The maximum atomic E-state index is 16.2. The standard InChI is InChI=1S/C87H105ClN12O23/c1-40(2)25-55(89-10)76(108)97-71-73(105)45-14-18-59(41(3)26-45)120-63-34-49-35-64(75(63)107)121-60-19-15-46(33-54(60)88)74(106)72-82(114)96-70(80(112)93-67-47-28-42-27-43(30-47)31-48(67)29-42)53-37-51(101)38-58(103)66(53)52-32-44(13-17-57(52)102)68(78(110)98-72)95-79(111)69(49)94-77(109)56(91-81(71)113)39-65(104)92-83(115)90-50-16-20-61(118-23-21-99(11)84(116)122-86(4,5)6)62(36-50)119-24-22-100(12)85(117)123-87(7,8)9/h13-20,26,32-38,40,42-43,47-48,55-56,67-74,89,101-103,105-107H,21-25,27-31,39H2,1-12H3,(H,91,113)(H,93,112)(H,94,109)(H,95,111)(H,96,114)(H,97,108)(H,98,110)(H2,90,92,104,115)/t42?,43?,47?,48?,55-,56+,67?,68-,69-,70+,71-,72+,73-,74-/m1/s1. The molecule has 15 rings (SSSR count). The molecule has 6 aromatic rings. The SMILES string of the molecule is CN[C@H](CC(C)C)C(=O)N[C@H]1C(=O)N[C@@H](CC(=O)NC(=O)Nc2ccc(OCCN(C)C(=O)OC(C)(C)C)c(OCCN(C)C(=O)OC(C)(C)C)c2)C(=O)N[C@H]2C(=O)N[C@H]3C(=O)N[C@H](C(=O)N[C@H](C(=O)NC4C5CC6CC(C5)CC4C6)c4cc(O)cc(O)c4-c4cc3ccc4O)[C@H](O)c3ccc(c(Cl)c3)Oc3cc2cc(c3O)Oc2ccc(cc2C)[C@H]1O. The molecule has 4 aliphatic carbocycles. The van der Waals surface area contributed by atoms with Crippen molar-refractivity contribution < 1.29 is 112 Å².